The fourth-order valence-corrected chi connectivity index (χ4v) is 3.81. The van der Waals surface area contributed by atoms with Crippen LogP contribution in [0.2, 0.25) is 0 Å². The third kappa shape index (κ3) is 4.47. The maximum absolute atomic E-state index is 12.5. The summed E-state index contributed by atoms with van der Waals surface area (Å²) in [6.45, 7) is 3.83. The smallest absolute Gasteiger partial charge is 0.270 e. The molecule has 0 radical (unpaired) electrons. The minimum atomic E-state index is -0.146. The number of aryl methyl sites for hydroxylation is 1. The Morgan fingerprint density at radius 1 is 1.27 bits per heavy atom. The summed E-state index contributed by atoms with van der Waals surface area (Å²) in [4.78, 5) is 31.0. The van der Waals surface area contributed by atoms with Gasteiger partial charge >= 0.3 is 0 Å². The van der Waals surface area contributed by atoms with Crippen molar-refractivity contribution in [1.29, 1.82) is 0 Å². The number of nitrogens with two attached hydrogens (primary N) is 1. The Bertz CT molecular complexity index is 764. The zero-order chi connectivity index (χ0) is 18.5. The Kier molecular flexibility index (Phi) is 6.00. The van der Waals surface area contributed by atoms with E-state index in [1.54, 1.807) is 5.38 Å². The summed E-state index contributed by atoms with van der Waals surface area (Å²) in [5.74, 6) is -0.0893. The molecule has 26 heavy (non-hydrogen) atoms. The van der Waals surface area contributed by atoms with Crippen LogP contribution in [0.25, 0.3) is 0 Å². The van der Waals surface area contributed by atoms with E-state index in [1.807, 2.05) is 36.1 Å². The van der Waals surface area contributed by atoms with Crippen LogP contribution in [0.4, 0.5) is 0 Å². The molecule has 3 rings (SSSR count). The van der Waals surface area contributed by atoms with E-state index in [-0.39, 0.29) is 17.9 Å². The van der Waals surface area contributed by atoms with E-state index in [9.17, 15) is 9.59 Å². The van der Waals surface area contributed by atoms with E-state index in [0.717, 1.165) is 23.4 Å². The van der Waals surface area contributed by atoms with Gasteiger partial charge in [-0.05, 0) is 38.4 Å². The number of piperidine rings is 1. The summed E-state index contributed by atoms with van der Waals surface area (Å²) in [6.07, 6.45) is 2.20. The predicted molar refractivity (Wildman–Crippen MR) is 102 cm³/mol. The molecule has 3 N–H and O–H groups in total. The van der Waals surface area contributed by atoms with E-state index in [0.29, 0.717) is 37.3 Å². The number of benzene rings is 1. The molecule has 7 heteroatoms. The second-order valence-corrected chi connectivity index (χ2v) is 7.51. The summed E-state index contributed by atoms with van der Waals surface area (Å²) in [7, 11) is 0. The Morgan fingerprint density at radius 3 is 2.62 bits per heavy atom. The normalized spacial score (nSPS) is 15.1. The minimum absolute atomic E-state index is 0.0562. The second kappa shape index (κ2) is 8.42. The molecular formula is C19H24N4O2S. The largest absolute Gasteiger partial charge is 0.348 e. The van der Waals surface area contributed by atoms with Crippen LogP contribution in [0.5, 0.6) is 0 Å². The molecule has 2 amide bonds. The molecule has 0 aliphatic carbocycles. The Balaban J connectivity index is 1.50. The van der Waals surface area contributed by atoms with Crippen LogP contribution in [-0.2, 0) is 6.42 Å². The molecular weight excluding hydrogens is 348 g/mol. The zero-order valence-corrected chi connectivity index (χ0v) is 15.7. The van der Waals surface area contributed by atoms with Gasteiger partial charge in [-0.3, -0.25) is 9.59 Å². The number of amides is 2. The van der Waals surface area contributed by atoms with E-state index in [2.05, 4.69) is 10.3 Å². The third-order valence-electron chi connectivity index (χ3n) is 4.56. The summed E-state index contributed by atoms with van der Waals surface area (Å²) in [5.41, 5.74) is 7.83. The zero-order valence-electron chi connectivity index (χ0n) is 14.9. The van der Waals surface area contributed by atoms with Crippen molar-refractivity contribution in [1.82, 2.24) is 15.2 Å². The molecule has 0 bridgehead atoms. The van der Waals surface area contributed by atoms with E-state index in [4.69, 9.17) is 5.73 Å². The topological polar surface area (TPSA) is 88.3 Å². The van der Waals surface area contributed by atoms with Crippen molar-refractivity contribution in [2.45, 2.75) is 32.2 Å². The van der Waals surface area contributed by atoms with Crippen LogP contribution >= 0.6 is 11.3 Å². The van der Waals surface area contributed by atoms with E-state index < -0.39 is 0 Å². The first-order chi connectivity index (χ1) is 12.6. The summed E-state index contributed by atoms with van der Waals surface area (Å²) < 4.78 is 0. The van der Waals surface area contributed by atoms with E-state index >= 15 is 0 Å². The number of hydrogen-bond donors (Lipinski definition) is 2. The van der Waals surface area contributed by atoms with Crippen molar-refractivity contribution in [3.8, 4) is 0 Å². The molecule has 0 saturated carbocycles. The summed E-state index contributed by atoms with van der Waals surface area (Å²) in [6, 6.07) is 7.71. The molecule has 0 unspecified atom stereocenters. The van der Waals surface area contributed by atoms with Gasteiger partial charge in [0.1, 0.15) is 5.69 Å². The Labute approximate surface area is 157 Å². The van der Waals surface area contributed by atoms with Gasteiger partial charge in [0, 0.05) is 36.5 Å². The lowest BCUT2D eigenvalue weighted by molar-refractivity contribution is 0.0697. The first-order valence-corrected chi connectivity index (χ1v) is 9.76. The second-order valence-electron chi connectivity index (χ2n) is 6.57. The van der Waals surface area contributed by atoms with Crippen LogP contribution in [0.3, 0.4) is 0 Å². The molecule has 2 aromatic rings. The van der Waals surface area contributed by atoms with Crippen LogP contribution in [0, 0.1) is 6.92 Å². The van der Waals surface area contributed by atoms with Crippen LogP contribution in [0.15, 0.2) is 29.6 Å². The van der Waals surface area contributed by atoms with E-state index in [1.165, 1.54) is 11.3 Å². The maximum Gasteiger partial charge on any atom is 0.270 e. The molecule has 1 fully saturated rings. The number of nitrogens with one attached hydrogen (secondary N) is 1. The highest BCUT2D eigenvalue weighted by Gasteiger charge is 2.25. The number of likely N-dealkylation sites (tertiary alicyclic amines) is 1. The number of carbonyl (C=O) groups excluding carboxylic acids is 2. The number of hydrogen-bond acceptors (Lipinski definition) is 5. The molecule has 1 aromatic heterocycles. The van der Waals surface area contributed by atoms with Gasteiger partial charge in [-0.2, -0.15) is 0 Å². The van der Waals surface area contributed by atoms with Crippen molar-refractivity contribution in [2.24, 2.45) is 5.73 Å². The molecule has 0 spiro atoms. The average molecular weight is 372 g/mol. The van der Waals surface area contributed by atoms with Gasteiger partial charge < -0.3 is 16.0 Å². The standard InChI is InChI=1S/C19H24N4O2S/c1-13-2-4-14(5-3-13)19(25)23-10-7-15(8-11-23)21-18(24)16-12-26-17(22-16)6-9-20/h2-5,12,15H,6-11,20H2,1H3,(H,21,24). The average Bonchev–Trinajstić information content (AvgIpc) is 3.12. The quantitative estimate of drug-likeness (QED) is 0.840. The molecule has 6 nitrogen and oxygen atoms in total. The van der Waals surface area contributed by atoms with Gasteiger partial charge in [0.15, 0.2) is 0 Å². The van der Waals surface area contributed by atoms with Crippen molar-refractivity contribution in [2.75, 3.05) is 19.6 Å². The van der Waals surface area contributed by atoms with Gasteiger partial charge in [0.05, 0.1) is 5.01 Å². The fraction of sp³-hybridized carbons (Fsp3) is 0.421. The molecule has 2 heterocycles. The number of nitrogens with zero attached hydrogens (tertiary/aromatic N) is 2. The SMILES string of the molecule is Cc1ccc(C(=O)N2CCC(NC(=O)c3csc(CCN)n3)CC2)cc1. The van der Waals surface area contributed by atoms with Gasteiger partial charge in [-0.15, -0.1) is 11.3 Å². The van der Waals surface area contributed by atoms with Gasteiger partial charge in [0.2, 0.25) is 0 Å². The molecule has 1 saturated heterocycles. The minimum Gasteiger partial charge on any atom is -0.348 e. The van der Waals surface area contributed by atoms with Crippen molar-refractivity contribution >= 4 is 23.2 Å². The summed E-state index contributed by atoms with van der Waals surface area (Å²) in [5, 5.41) is 5.69. The lowest BCUT2D eigenvalue weighted by Crippen LogP contribution is -2.46. The molecule has 138 valence electrons. The lowest BCUT2D eigenvalue weighted by atomic mass is 10.0. The van der Waals surface area contributed by atoms with Crippen LogP contribution in [-0.4, -0.2) is 47.4 Å². The first kappa shape index (κ1) is 18.5. The highest BCUT2D eigenvalue weighted by molar-refractivity contribution is 7.09. The van der Waals surface area contributed by atoms with Crippen LogP contribution in [0.1, 0.15) is 44.3 Å². The van der Waals surface area contributed by atoms with Gasteiger partial charge in [-0.1, -0.05) is 17.7 Å². The first-order valence-electron chi connectivity index (χ1n) is 8.88. The predicted octanol–water partition coefficient (Wildman–Crippen LogP) is 1.99. The van der Waals surface area contributed by atoms with Gasteiger partial charge in [0.25, 0.3) is 11.8 Å². The lowest BCUT2D eigenvalue weighted by Gasteiger charge is -2.32. The monoisotopic (exact) mass is 372 g/mol. The fourth-order valence-electron chi connectivity index (χ4n) is 3.02. The number of rotatable bonds is 5. The number of thiazole rings is 1. The molecule has 1 aliphatic rings. The Hall–Kier alpha value is -2.25. The molecule has 1 aromatic carbocycles. The van der Waals surface area contributed by atoms with Crippen LogP contribution < -0.4 is 11.1 Å². The van der Waals surface area contributed by atoms with Crippen molar-refractivity contribution in [3.05, 3.63) is 51.5 Å². The molecule has 1 aliphatic heterocycles. The highest BCUT2D eigenvalue weighted by atomic mass is 32.1. The van der Waals surface area contributed by atoms with Crippen molar-refractivity contribution < 1.29 is 9.59 Å². The maximum atomic E-state index is 12.5. The highest BCUT2D eigenvalue weighted by Crippen LogP contribution is 2.16. The Morgan fingerprint density at radius 2 is 1.96 bits per heavy atom. The molecule has 0 atom stereocenters. The summed E-state index contributed by atoms with van der Waals surface area (Å²) >= 11 is 1.46. The third-order valence-corrected chi connectivity index (χ3v) is 5.47. The van der Waals surface area contributed by atoms with Gasteiger partial charge in [-0.25, -0.2) is 4.98 Å². The van der Waals surface area contributed by atoms with Crippen molar-refractivity contribution in [3.63, 3.8) is 0 Å². The number of carbonyl (C=O) groups is 2. The number of aromatic nitrogens is 1.